The molecule has 11 heteroatoms. The molecule has 0 saturated carbocycles. The minimum Gasteiger partial charge on any atom is -0.494 e. The standard InChI is InChI=1S/C19H18Cl2N4O4S/c1-23(2)8-9-24(18(26)12-10-11(20)4-6-14(12)25(27)28)19-22-16-15(29-3)7-5-13(21)17(16)30-19/h4-7,10H,8-9H2,1-3H3. The number of nitro groups is 1. The Morgan fingerprint density at radius 2 is 1.97 bits per heavy atom. The lowest BCUT2D eigenvalue weighted by atomic mass is 10.1. The van der Waals surface area contributed by atoms with E-state index >= 15 is 0 Å². The average molecular weight is 469 g/mol. The lowest BCUT2D eigenvalue weighted by molar-refractivity contribution is -0.385. The summed E-state index contributed by atoms with van der Waals surface area (Å²) in [6.45, 7) is 0.774. The van der Waals surface area contributed by atoms with Crippen molar-refractivity contribution in [2.75, 3.05) is 39.2 Å². The fourth-order valence-corrected chi connectivity index (χ4v) is 4.24. The van der Waals surface area contributed by atoms with Crippen LogP contribution >= 0.6 is 34.5 Å². The molecule has 8 nitrogen and oxygen atoms in total. The minimum atomic E-state index is -0.605. The molecule has 0 N–H and O–H groups in total. The van der Waals surface area contributed by atoms with Gasteiger partial charge in [0.05, 0.1) is 21.8 Å². The zero-order valence-electron chi connectivity index (χ0n) is 16.4. The summed E-state index contributed by atoms with van der Waals surface area (Å²) >= 11 is 13.5. The van der Waals surface area contributed by atoms with Crippen LogP contribution in [0.15, 0.2) is 30.3 Å². The summed E-state index contributed by atoms with van der Waals surface area (Å²) in [5.41, 5.74) is 0.0906. The Morgan fingerprint density at radius 1 is 1.23 bits per heavy atom. The van der Waals surface area contributed by atoms with Crippen molar-refractivity contribution in [3.05, 3.63) is 56.1 Å². The van der Waals surface area contributed by atoms with Crippen LogP contribution in [0.5, 0.6) is 5.75 Å². The molecule has 1 amide bonds. The van der Waals surface area contributed by atoms with E-state index in [1.807, 2.05) is 19.0 Å². The van der Waals surface area contributed by atoms with Gasteiger partial charge >= 0.3 is 0 Å². The number of thiazole rings is 1. The molecule has 3 aromatic rings. The van der Waals surface area contributed by atoms with Crippen LogP contribution in [0.25, 0.3) is 10.2 Å². The van der Waals surface area contributed by atoms with Gasteiger partial charge in [-0.05, 0) is 38.4 Å². The Hall–Kier alpha value is -2.46. The number of likely N-dealkylation sites (N-methyl/N-ethyl adjacent to an activating group) is 1. The number of rotatable bonds is 7. The number of hydrogen-bond acceptors (Lipinski definition) is 7. The second-order valence-electron chi connectivity index (χ2n) is 6.60. The lowest BCUT2D eigenvalue weighted by Crippen LogP contribution is -2.37. The first-order chi connectivity index (χ1) is 14.2. The Bertz CT molecular complexity index is 1120. The second kappa shape index (κ2) is 9.13. The van der Waals surface area contributed by atoms with Gasteiger partial charge in [-0.1, -0.05) is 34.5 Å². The maximum absolute atomic E-state index is 13.4. The molecule has 0 aliphatic rings. The number of methoxy groups -OCH3 is 1. The first-order valence-corrected chi connectivity index (χ1v) is 10.3. The van der Waals surface area contributed by atoms with E-state index in [0.717, 1.165) is 0 Å². The summed E-state index contributed by atoms with van der Waals surface area (Å²) < 4.78 is 6.01. The highest BCUT2D eigenvalue weighted by Gasteiger charge is 2.28. The Balaban J connectivity index is 2.14. The molecule has 0 spiro atoms. The second-order valence-corrected chi connectivity index (χ2v) is 8.42. The van der Waals surface area contributed by atoms with Crippen LogP contribution in [0, 0.1) is 10.1 Å². The largest absolute Gasteiger partial charge is 0.494 e. The molecule has 1 heterocycles. The fraction of sp³-hybridized carbons (Fsp3) is 0.263. The number of ether oxygens (including phenoxy) is 1. The number of hydrogen-bond donors (Lipinski definition) is 0. The summed E-state index contributed by atoms with van der Waals surface area (Å²) in [5, 5.41) is 12.5. The van der Waals surface area contributed by atoms with Gasteiger partial charge in [-0.3, -0.25) is 19.8 Å². The van der Waals surface area contributed by atoms with E-state index in [-0.39, 0.29) is 22.8 Å². The highest BCUT2D eigenvalue weighted by molar-refractivity contribution is 7.23. The summed E-state index contributed by atoms with van der Waals surface area (Å²) in [7, 11) is 5.25. The molecule has 0 fully saturated rings. The molecule has 0 radical (unpaired) electrons. The van der Waals surface area contributed by atoms with Crippen LogP contribution in [0.4, 0.5) is 10.8 Å². The molecule has 1 aromatic heterocycles. The molecule has 3 rings (SSSR count). The molecular weight excluding hydrogens is 451 g/mol. The van der Waals surface area contributed by atoms with Crippen LogP contribution in [0.1, 0.15) is 10.4 Å². The SMILES string of the molecule is COc1ccc(Cl)c2sc(N(CCN(C)C)C(=O)c3cc(Cl)ccc3[N+](=O)[O-])nc12. The molecule has 0 unspecified atom stereocenters. The molecule has 0 aliphatic heterocycles. The van der Waals surface area contributed by atoms with Crippen molar-refractivity contribution in [2.45, 2.75) is 0 Å². The third kappa shape index (κ3) is 4.49. The first kappa shape index (κ1) is 22.2. The zero-order valence-corrected chi connectivity index (χ0v) is 18.7. The number of nitrogens with zero attached hydrogens (tertiary/aromatic N) is 4. The number of amides is 1. The van der Waals surface area contributed by atoms with E-state index < -0.39 is 10.8 Å². The van der Waals surface area contributed by atoms with E-state index in [4.69, 9.17) is 27.9 Å². The molecule has 0 bridgehead atoms. The van der Waals surface area contributed by atoms with Crippen molar-refractivity contribution in [1.82, 2.24) is 9.88 Å². The Labute approximate surface area is 186 Å². The van der Waals surface area contributed by atoms with Gasteiger partial charge in [0.2, 0.25) is 0 Å². The molecule has 0 aliphatic carbocycles. The Kier molecular flexibility index (Phi) is 6.77. The third-order valence-corrected chi connectivity index (χ3v) is 6.07. The normalized spacial score (nSPS) is 11.1. The molecule has 30 heavy (non-hydrogen) atoms. The van der Waals surface area contributed by atoms with Gasteiger partial charge in [0.1, 0.15) is 16.8 Å². The van der Waals surface area contributed by atoms with Crippen LogP contribution in [0.3, 0.4) is 0 Å². The van der Waals surface area contributed by atoms with E-state index in [0.29, 0.717) is 32.7 Å². The number of halogens is 2. The van der Waals surface area contributed by atoms with Crippen molar-refractivity contribution in [3.63, 3.8) is 0 Å². The van der Waals surface area contributed by atoms with E-state index in [1.54, 1.807) is 12.1 Å². The van der Waals surface area contributed by atoms with Gasteiger partial charge in [0.25, 0.3) is 11.6 Å². The summed E-state index contributed by atoms with van der Waals surface area (Å²) in [4.78, 5) is 32.1. The molecule has 0 saturated heterocycles. The number of anilines is 1. The number of carbonyl (C=O) groups is 1. The highest BCUT2D eigenvalue weighted by Crippen LogP contribution is 2.39. The van der Waals surface area contributed by atoms with Crippen molar-refractivity contribution < 1.29 is 14.5 Å². The number of benzene rings is 2. The zero-order chi connectivity index (χ0) is 22.0. The molecule has 158 valence electrons. The maximum Gasteiger partial charge on any atom is 0.282 e. The number of nitro benzene ring substituents is 1. The van der Waals surface area contributed by atoms with E-state index in [2.05, 4.69) is 4.98 Å². The van der Waals surface area contributed by atoms with Crippen LogP contribution in [0.2, 0.25) is 10.0 Å². The molecule has 0 atom stereocenters. The first-order valence-electron chi connectivity index (χ1n) is 8.76. The number of aromatic nitrogens is 1. The van der Waals surface area contributed by atoms with Crippen molar-refractivity contribution in [1.29, 1.82) is 0 Å². The van der Waals surface area contributed by atoms with Crippen molar-refractivity contribution >= 4 is 61.5 Å². The van der Waals surface area contributed by atoms with Crippen molar-refractivity contribution in [2.24, 2.45) is 0 Å². The Morgan fingerprint density at radius 3 is 2.60 bits per heavy atom. The molecule has 2 aromatic carbocycles. The number of fused-ring (bicyclic) bond motifs is 1. The van der Waals surface area contributed by atoms with Gasteiger partial charge in [0.15, 0.2) is 5.13 Å². The van der Waals surface area contributed by atoms with Gasteiger partial charge in [0, 0.05) is 24.2 Å². The van der Waals surface area contributed by atoms with E-state index in [1.165, 1.54) is 41.5 Å². The minimum absolute atomic E-state index is 0.108. The monoisotopic (exact) mass is 468 g/mol. The average Bonchev–Trinajstić information content (AvgIpc) is 3.13. The summed E-state index contributed by atoms with van der Waals surface area (Å²) in [6, 6.07) is 7.28. The molecular formula is C19H18Cl2N4O4S. The smallest absolute Gasteiger partial charge is 0.282 e. The lowest BCUT2D eigenvalue weighted by Gasteiger charge is -2.22. The third-order valence-electron chi connectivity index (χ3n) is 4.30. The van der Waals surface area contributed by atoms with Crippen LogP contribution in [-0.2, 0) is 0 Å². The summed E-state index contributed by atoms with van der Waals surface area (Å²) in [5.74, 6) is -0.0501. The predicted octanol–water partition coefficient (Wildman–Crippen LogP) is 4.73. The predicted molar refractivity (Wildman–Crippen MR) is 120 cm³/mol. The van der Waals surface area contributed by atoms with Gasteiger partial charge in [-0.2, -0.15) is 0 Å². The van der Waals surface area contributed by atoms with Crippen LogP contribution < -0.4 is 9.64 Å². The van der Waals surface area contributed by atoms with Gasteiger partial charge in [-0.15, -0.1) is 0 Å². The number of carbonyl (C=O) groups excluding carboxylic acids is 1. The van der Waals surface area contributed by atoms with Gasteiger partial charge in [-0.25, -0.2) is 4.98 Å². The quantitative estimate of drug-likeness (QED) is 0.367. The maximum atomic E-state index is 13.4. The van der Waals surface area contributed by atoms with Crippen molar-refractivity contribution in [3.8, 4) is 5.75 Å². The van der Waals surface area contributed by atoms with E-state index in [9.17, 15) is 14.9 Å². The van der Waals surface area contributed by atoms with Crippen LogP contribution in [-0.4, -0.2) is 55.0 Å². The fourth-order valence-electron chi connectivity index (χ4n) is 2.79. The topological polar surface area (TPSA) is 88.8 Å². The highest BCUT2D eigenvalue weighted by atomic mass is 35.5. The van der Waals surface area contributed by atoms with Gasteiger partial charge < -0.3 is 9.64 Å². The summed E-state index contributed by atoms with van der Waals surface area (Å²) in [6.07, 6.45) is 0.